The topological polar surface area (TPSA) is 45.8 Å². The molecule has 0 unspecified atom stereocenters. The maximum atomic E-state index is 10.9. The number of rotatable bonds is 0. The smallest absolute Gasteiger partial charge is 0.269 e. The van der Waals surface area contributed by atoms with E-state index < -0.39 is 0 Å². The lowest BCUT2D eigenvalue weighted by Gasteiger charge is -1.97. The Morgan fingerprint density at radius 2 is 1.80 bits per heavy atom. The maximum Gasteiger partial charge on any atom is 0.269 e. The number of nitrogens with one attached hydrogen (secondary N) is 1. The van der Waals surface area contributed by atoms with Gasteiger partial charge < -0.3 is 4.98 Å². The van der Waals surface area contributed by atoms with Crippen molar-refractivity contribution in [2.45, 2.75) is 20.8 Å². The van der Waals surface area contributed by atoms with Gasteiger partial charge in [-0.1, -0.05) is 0 Å². The van der Waals surface area contributed by atoms with Gasteiger partial charge in [0.25, 0.3) is 5.56 Å². The van der Waals surface area contributed by atoms with E-state index in [9.17, 15) is 4.79 Å². The average molecular weight is 138 g/mol. The van der Waals surface area contributed by atoms with Crippen LogP contribution in [-0.4, -0.2) is 9.97 Å². The van der Waals surface area contributed by atoms with Crippen LogP contribution in [0.15, 0.2) is 4.79 Å². The quantitative estimate of drug-likeness (QED) is 0.573. The first-order chi connectivity index (χ1) is 4.61. The van der Waals surface area contributed by atoms with Gasteiger partial charge >= 0.3 is 0 Å². The first-order valence-electron chi connectivity index (χ1n) is 3.15. The van der Waals surface area contributed by atoms with Crippen LogP contribution in [0.2, 0.25) is 0 Å². The van der Waals surface area contributed by atoms with Crippen LogP contribution in [0.3, 0.4) is 0 Å². The Balaban J connectivity index is 3.43. The summed E-state index contributed by atoms with van der Waals surface area (Å²) in [7, 11) is 0. The van der Waals surface area contributed by atoms with Gasteiger partial charge in [-0.3, -0.25) is 9.78 Å². The molecule has 0 atom stereocenters. The second-order valence-electron chi connectivity index (χ2n) is 2.36. The summed E-state index contributed by atoms with van der Waals surface area (Å²) in [5.41, 5.74) is 2.17. The van der Waals surface area contributed by atoms with Crippen molar-refractivity contribution >= 4 is 0 Å². The van der Waals surface area contributed by atoms with Crippen LogP contribution in [0.5, 0.6) is 0 Å². The van der Waals surface area contributed by atoms with Gasteiger partial charge in [0.05, 0.1) is 5.69 Å². The molecule has 0 fully saturated rings. The van der Waals surface area contributed by atoms with Gasteiger partial charge in [-0.25, -0.2) is 0 Å². The molecule has 0 amide bonds. The summed E-state index contributed by atoms with van der Waals surface area (Å²) in [5.74, 6) is 0. The van der Waals surface area contributed by atoms with Crippen molar-refractivity contribution in [3.05, 3.63) is 27.4 Å². The fourth-order valence-electron chi connectivity index (χ4n) is 0.737. The molecule has 0 aromatic carbocycles. The van der Waals surface area contributed by atoms with E-state index in [4.69, 9.17) is 0 Å². The van der Waals surface area contributed by atoms with Crippen LogP contribution in [-0.2, 0) is 0 Å². The minimum atomic E-state index is -0.0944. The lowest BCUT2D eigenvalue weighted by atomic mass is 10.3. The van der Waals surface area contributed by atoms with E-state index in [1.165, 1.54) is 0 Å². The molecule has 10 heavy (non-hydrogen) atoms. The van der Waals surface area contributed by atoms with E-state index >= 15 is 0 Å². The van der Waals surface area contributed by atoms with Crippen LogP contribution >= 0.6 is 0 Å². The highest BCUT2D eigenvalue weighted by molar-refractivity contribution is 5.09. The lowest BCUT2D eigenvalue weighted by molar-refractivity contribution is 0.965. The van der Waals surface area contributed by atoms with E-state index in [0.29, 0.717) is 5.69 Å². The molecule has 0 radical (unpaired) electrons. The van der Waals surface area contributed by atoms with Gasteiger partial charge in [-0.05, 0) is 20.8 Å². The highest BCUT2D eigenvalue weighted by atomic mass is 16.1. The van der Waals surface area contributed by atoms with E-state index in [2.05, 4.69) is 9.97 Å². The van der Waals surface area contributed by atoms with E-state index in [-0.39, 0.29) is 5.56 Å². The molecule has 0 aliphatic heterocycles. The zero-order chi connectivity index (χ0) is 7.72. The highest BCUT2D eigenvalue weighted by Crippen LogP contribution is 1.94. The Morgan fingerprint density at radius 3 is 2.30 bits per heavy atom. The zero-order valence-electron chi connectivity index (χ0n) is 6.36. The maximum absolute atomic E-state index is 10.9. The third-order valence-corrected chi connectivity index (χ3v) is 1.51. The zero-order valence-corrected chi connectivity index (χ0v) is 6.36. The number of aryl methyl sites for hydroxylation is 3. The van der Waals surface area contributed by atoms with E-state index in [1.807, 2.05) is 13.8 Å². The normalized spacial score (nSPS) is 9.90. The molecule has 3 heteroatoms. The van der Waals surface area contributed by atoms with Gasteiger partial charge in [0.15, 0.2) is 0 Å². The summed E-state index contributed by atoms with van der Waals surface area (Å²) < 4.78 is 0. The SMILES string of the molecule is Cc1nc(C)c(=O)[nH]c1C. The summed E-state index contributed by atoms with van der Waals surface area (Å²) in [6.07, 6.45) is 0. The number of aromatic amines is 1. The summed E-state index contributed by atoms with van der Waals surface area (Å²) >= 11 is 0. The summed E-state index contributed by atoms with van der Waals surface area (Å²) in [4.78, 5) is 17.6. The monoisotopic (exact) mass is 138 g/mol. The number of hydrogen-bond donors (Lipinski definition) is 1. The van der Waals surface area contributed by atoms with Crippen molar-refractivity contribution < 1.29 is 0 Å². The highest BCUT2D eigenvalue weighted by Gasteiger charge is 1.97. The molecule has 0 saturated heterocycles. The molecule has 0 aliphatic rings. The second-order valence-corrected chi connectivity index (χ2v) is 2.36. The van der Waals surface area contributed by atoms with Crippen LogP contribution in [0.1, 0.15) is 17.1 Å². The fourth-order valence-corrected chi connectivity index (χ4v) is 0.737. The van der Waals surface area contributed by atoms with E-state index in [1.54, 1.807) is 6.92 Å². The molecular weight excluding hydrogens is 128 g/mol. The standard InChI is InChI=1S/C7H10N2O/c1-4-5(2)9-7(10)6(3)8-4/h1-3H3,(H,9,10). The van der Waals surface area contributed by atoms with Crippen LogP contribution in [0.4, 0.5) is 0 Å². The predicted molar refractivity (Wildman–Crippen MR) is 39.1 cm³/mol. The molecule has 0 spiro atoms. The Bertz CT molecular complexity index is 301. The van der Waals surface area contributed by atoms with Crippen molar-refractivity contribution in [3.8, 4) is 0 Å². The molecule has 1 aromatic heterocycles. The molecule has 1 rings (SSSR count). The van der Waals surface area contributed by atoms with Gasteiger partial charge in [-0.15, -0.1) is 0 Å². The van der Waals surface area contributed by atoms with Crippen LogP contribution in [0, 0.1) is 20.8 Å². The molecule has 0 saturated carbocycles. The Kier molecular flexibility index (Phi) is 1.57. The summed E-state index contributed by atoms with van der Waals surface area (Å²) in [6, 6.07) is 0. The second kappa shape index (κ2) is 2.25. The first-order valence-corrected chi connectivity index (χ1v) is 3.15. The molecular formula is C7H10N2O. The minimum absolute atomic E-state index is 0.0944. The third kappa shape index (κ3) is 1.07. The molecule has 1 aromatic rings. The first kappa shape index (κ1) is 6.99. The molecule has 1 heterocycles. The number of aromatic nitrogens is 2. The summed E-state index contributed by atoms with van der Waals surface area (Å²) in [6.45, 7) is 5.41. The number of nitrogens with zero attached hydrogens (tertiary/aromatic N) is 1. The average Bonchev–Trinajstić information content (AvgIpc) is 1.84. The molecule has 1 N–H and O–H groups in total. The minimum Gasteiger partial charge on any atom is -0.323 e. The van der Waals surface area contributed by atoms with Crippen molar-refractivity contribution in [2.75, 3.05) is 0 Å². The van der Waals surface area contributed by atoms with Crippen molar-refractivity contribution in [1.82, 2.24) is 9.97 Å². The largest absolute Gasteiger partial charge is 0.323 e. The number of H-pyrrole nitrogens is 1. The van der Waals surface area contributed by atoms with Crippen molar-refractivity contribution in [3.63, 3.8) is 0 Å². The van der Waals surface area contributed by atoms with Gasteiger partial charge in [0.1, 0.15) is 5.69 Å². The van der Waals surface area contributed by atoms with Crippen LogP contribution in [0.25, 0.3) is 0 Å². The van der Waals surface area contributed by atoms with Crippen molar-refractivity contribution in [2.24, 2.45) is 0 Å². The van der Waals surface area contributed by atoms with Gasteiger partial charge in [-0.2, -0.15) is 0 Å². The lowest BCUT2D eigenvalue weighted by Crippen LogP contribution is -2.14. The van der Waals surface area contributed by atoms with Crippen molar-refractivity contribution in [1.29, 1.82) is 0 Å². The number of hydrogen-bond acceptors (Lipinski definition) is 2. The Morgan fingerprint density at radius 1 is 1.20 bits per heavy atom. The van der Waals surface area contributed by atoms with Crippen LogP contribution < -0.4 is 5.56 Å². The van der Waals surface area contributed by atoms with Gasteiger partial charge in [0.2, 0.25) is 0 Å². The third-order valence-electron chi connectivity index (χ3n) is 1.51. The van der Waals surface area contributed by atoms with E-state index in [0.717, 1.165) is 11.4 Å². The Hall–Kier alpha value is -1.12. The van der Waals surface area contributed by atoms with Gasteiger partial charge in [0, 0.05) is 5.69 Å². The molecule has 0 bridgehead atoms. The predicted octanol–water partition coefficient (Wildman–Crippen LogP) is 0.695. The fraction of sp³-hybridized carbons (Fsp3) is 0.429. The molecule has 0 aliphatic carbocycles. The summed E-state index contributed by atoms with van der Waals surface area (Å²) in [5, 5.41) is 0. The molecule has 54 valence electrons. The molecule has 3 nitrogen and oxygen atoms in total. The Labute approximate surface area is 59.1 Å².